The number of aromatic nitrogens is 1. The van der Waals surface area contributed by atoms with Crippen molar-refractivity contribution in [3.05, 3.63) is 119 Å². The quantitative estimate of drug-likeness (QED) is 0.404. The molecule has 1 unspecified atom stereocenters. The van der Waals surface area contributed by atoms with Crippen LogP contribution in [-0.4, -0.2) is 15.5 Å². The molecule has 1 N–H and O–H groups in total. The van der Waals surface area contributed by atoms with Gasteiger partial charge in [-0.3, -0.25) is 0 Å². The van der Waals surface area contributed by atoms with Crippen molar-refractivity contribution >= 4 is 11.7 Å². The Morgan fingerprint density at radius 1 is 0.938 bits per heavy atom. The molecule has 1 aromatic heterocycles. The molecule has 5 rings (SSSR count). The van der Waals surface area contributed by atoms with Gasteiger partial charge in [-0.25, -0.2) is 4.79 Å². The van der Waals surface area contributed by atoms with Crippen LogP contribution >= 0.6 is 0 Å². The molecule has 0 spiro atoms. The number of rotatable bonds is 3. The topological polar surface area (TPSA) is 37.3 Å². The fraction of sp³-hybridized carbons (Fsp3) is 0.179. The van der Waals surface area contributed by atoms with Gasteiger partial charge in [0.25, 0.3) is 0 Å². The van der Waals surface area contributed by atoms with Crippen molar-refractivity contribution in [2.24, 2.45) is 0 Å². The van der Waals surface area contributed by atoms with Crippen LogP contribution in [0.1, 0.15) is 40.9 Å². The number of nitrogens with zero attached hydrogens (tertiary/aromatic N) is 2. The van der Waals surface area contributed by atoms with E-state index >= 15 is 0 Å². The zero-order valence-corrected chi connectivity index (χ0v) is 18.5. The number of aryl methyl sites for hydroxylation is 2. The van der Waals surface area contributed by atoms with E-state index in [1.54, 1.807) is 0 Å². The molecule has 2 amide bonds. The maximum absolute atomic E-state index is 13.7. The minimum Gasteiger partial charge on any atom is -0.318 e. The molecule has 4 heteroatoms. The Hall–Kier alpha value is -3.79. The Morgan fingerprint density at radius 2 is 1.69 bits per heavy atom. The number of hydrogen-bond acceptors (Lipinski definition) is 1. The molecule has 0 saturated heterocycles. The lowest BCUT2D eigenvalue weighted by atomic mass is 10.00. The van der Waals surface area contributed by atoms with E-state index in [9.17, 15) is 4.79 Å². The Bertz CT molecular complexity index is 1260. The minimum atomic E-state index is -0.202. The second-order valence-electron chi connectivity index (χ2n) is 8.30. The molecule has 0 radical (unpaired) electrons. The number of carbonyl (C=O) groups excluding carboxylic acids is 1. The Kier molecular flexibility index (Phi) is 5.28. The first-order valence-corrected chi connectivity index (χ1v) is 11.1. The van der Waals surface area contributed by atoms with Crippen molar-refractivity contribution in [2.75, 3.05) is 5.32 Å². The summed E-state index contributed by atoms with van der Waals surface area (Å²) in [6, 6.07) is 28.7. The summed E-state index contributed by atoms with van der Waals surface area (Å²) in [4.78, 5) is 15.7. The van der Waals surface area contributed by atoms with Crippen LogP contribution in [0.3, 0.4) is 0 Å². The highest BCUT2D eigenvalue weighted by atomic mass is 16.2. The zero-order valence-electron chi connectivity index (χ0n) is 18.5. The van der Waals surface area contributed by atoms with Crippen LogP contribution in [0.25, 0.3) is 5.69 Å². The van der Waals surface area contributed by atoms with Gasteiger partial charge in [-0.05, 0) is 59.9 Å². The summed E-state index contributed by atoms with van der Waals surface area (Å²) in [5.41, 5.74) is 7.60. The first-order valence-electron chi connectivity index (χ1n) is 11.1. The molecule has 0 bridgehead atoms. The first kappa shape index (κ1) is 20.1. The summed E-state index contributed by atoms with van der Waals surface area (Å²) in [5.74, 6) is 0. The van der Waals surface area contributed by atoms with Gasteiger partial charge in [0.05, 0.1) is 18.3 Å². The number of fused-ring (bicyclic) bond motifs is 3. The van der Waals surface area contributed by atoms with E-state index in [0.717, 1.165) is 40.2 Å². The van der Waals surface area contributed by atoms with Crippen LogP contribution in [0.4, 0.5) is 10.5 Å². The molecule has 2 heterocycles. The predicted octanol–water partition coefficient (Wildman–Crippen LogP) is 6.49. The standard InChI is InChI=1S/C28H27N3O/c1-3-21-14-16-22(17-15-21)27-26-13-8-18-30(26)25-12-7-5-10-23(25)19-31(27)28(32)29-24-11-6-4-9-20(24)2/h4-18,27H,3,19H2,1-2H3,(H,29,32). The highest BCUT2D eigenvalue weighted by Crippen LogP contribution is 2.37. The lowest BCUT2D eigenvalue weighted by Crippen LogP contribution is -2.38. The van der Waals surface area contributed by atoms with Crippen molar-refractivity contribution in [1.82, 2.24) is 9.47 Å². The molecule has 0 aliphatic carbocycles. The number of benzene rings is 3. The molecular formula is C28H27N3O. The van der Waals surface area contributed by atoms with Gasteiger partial charge in [0.15, 0.2) is 0 Å². The van der Waals surface area contributed by atoms with Crippen molar-refractivity contribution in [1.29, 1.82) is 0 Å². The maximum atomic E-state index is 13.7. The van der Waals surface area contributed by atoms with Gasteiger partial charge in [-0.1, -0.05) is 67.6 Å². The third-order valence-corrected chi connectivity index (χ3v) is 6.32. The molecule has 3 aromatic carbocycles. The maximum Gasteiger partial charge on any atom is 0.322 e. The number of amides is 2. The van der Waals surface area contributed by atoms with E-state index < -0.39 is 0 Å². The first-order chi connectivity index (χ1) is 15.7. The highest BCUT2D eigenvalue weighted by molar-refractivity contribution is 5.91. The Morgan fingerprint density at radius 3 is 2.47 bits per heavy atom. The van der Waals surface area contributed by atoms with Crippen molar-refractivity contribution in [2.45, 2.75) is 32.9 Å². The molecule has 32 heavy (non-hydrogen) atoms. The second kappa shape index (κ2) is 8.39. The summed E-state index contributed by atoms with van der Waals surface area (Å²) in [7, 11) is 0. The van der Waals surface area contributed by atoms with Crippen LogP contribution in [0.5, 0.6) is 0 Å². The summed E-state index contributed by atoms with van der Waals surface area (Å²) in [5, 5.41) is 3.16. The number of hydrogen-bond donors (Lipinski definition) is 1. The number of nitrogens with one attached hydrogen (secondary N) is 1. The molecule has 160 valence electrons. The van der Waals surface area contributed by atoms with Gasteiger partial charge in [-0.15, -0.1) is 0 Å². The lowest BCUT2D eigenvalue weighted by Gasteiger charge is -2.31. The van der Waals surface area contributed by atoms with Crippen molar-refractivity contribution in [3.63, 3.8) is 0 Å². The van der Waals surface area contributed by atoms with Gasteiger partial charge in [0, 0.05) is 17.6 Å². The Labute approximate surface area is 189 Å². The molecule has 0 fully saturated rings. The third-order valence-electron chi connectivity index (χ3n) is 6.32. The van der Waals surface area contributed by atoms with Crippen LogP contribution < -0.4 is 5.32 Å². The molecule has 0 saturated carbocycles. The van der Waals surface area contributed by atoms with E-state index in [1.165, 1.54) is 5.56 Å². The minimum absolute atomic E-state index is 0.103. The summed E-state index contributed by atoms with van der Waals surface area (Å²) in [6.45, 7) is 4.69. The number of anilines is 1. The lowest BCUT2D eigenvalue weighted by molar-refractivity contribution is 0.194. The average molecular weight is 422 g/mol. The average Bonchev–Trinajstić information content (AvgIpc) is 3.25. The van der Waals surface area contributed by atoms with E-state index in [1.807, 2.05) is 42.2 Å². The van der Waals surface area contributed by atoms with Crippen LogP contribution in [0.15, 0.2) is 91.1 Å². The predicted molar refractivity (Wildman–Crippen MR) is 129 cm³/mol. The number of urea groups is 1. The third kappa shape index (κ3) is 3.58. The van der Waals surface area contributed by atoms with E-state index in [0.29, 0.717) is 6.54 Å². The summed E-state index contributed by atoms with van der Waals surface area (Å²) < 4.78 is 2.22. The molecule has 4 nitrogen and oxygen atoms in total. The van der Waals surface area contributed by atoms with Gasteiger partial charge < -0.3 is 14.8 Å². The van der Waals surface area contributed by atoms with Crippen molar-refractivity contribution < 1.29 is 4.79 Å². The van der Waals surface area contributed by atoms with Gasteiger partial charge in [0.1, 0.15) is 0 Å². The fourth-order valence-corrected chi connectivity index (χ4v) is 4.53. The SMILES string of the molecule is CCc1ccc(C2c3cccn3-c3ccccc3CN2C(=O)Nc2ccccc2C)cc1. The monoisotopic (exact) mass is 421 g/mol. The van der Waals surface area contributed by atoms with Gasteiger partial charge in [0.2, 0.25) is 0 Å². The molecule has 1 atom stereocenters. The summed E-state index contributed by atoms with van der Waals surface area (Å²) >= 11 is 0. The van der Waals surface area contributed by atoms with Crippen LogP contribution in [0.2, 0.25) is 0 Å². The number of carbonyl (C=O) groups is 1. The van der Waals surface area contributed by atoms with Crippen molar-refractivity contribution in [3.8, 4) is 5.69 Å². The molecular weight excluding hydrogens is 394 g/mol. The van der Waals surface area contributed by atoms with E-state index in [4.69, 9.17) is 0 Å². The van der Waals surface area contributed by atoms with E-state index in [2.05, 4.69) is 77.6 Å². The molecule has 1 aliphatic rings. The second-order valence-corrected chi connectivity index (χ2v) is 8.30. The number of para-hydroxylation sites is 2. The highest BCUT2D eigenvalue weighted by Gasteiger charge is 2.33. The fourth-order valence-electron chi connectivity index (χ4n) is 4.53. The Balaban J connectivity index is 1.63. The van der Waals surface area contributed by atoms with Gasteiger partial charge >= 0.3 is 6.03 Å². The van der Waals surface area contributed by atoms with Gasteiger partial charge in [-0.2, -0.15) is 0 Å². The largest absolute Gasteiger partial charge is 0.322 e. The molecule has 1 aliphatic heterocycles. The zero-order chi connectivity index (χ0) is 22.1. The normalized spacial score (nSPS) is 14.9. The molecule has 4 aromatic rings. The van der Waals surface area contributed by atoms with E-state index in [-0.39, 0.29) is 12.1 Å². The van der Waals surface area contributed by atoms with Crippen LogP contribution in [-0.2, 0) is 13.0 Å². The van der Waals surface area contributed by atoms with Crippen LogP contribution in [0, 0.1) is 6.92 Å². The summed E-state index contributed by atoms with van der Waals surface area (Å²) in [6.07, 6.45) is 3.08. The smallest absolute Gasteiger partial charge is 0.318 e.